The molecule has 0 amide bonds. The molecule has 3 N–H and O–H groups in total. The first-order chi connectivity index (χ1) is 19.0. The summed E-state index contributed by atoms with van der Waals surface area (Å²) in [6.45, 7) is 13.5. The molecule has 5 aromatic rings. The molecule has 0 fully saturated rings. The number of para-hydroxylation sites is 3. The molecule has 0 saturated heterocycles. The predicted molar refractivity (Wildman–Crippen MR) is 174 cm³/mol. The van der Waals surface area contributed by atoms with Crippen LogP contribution in [0.3, 0.4) is 0 Å². The highest BCUT2D eigenvalue weighted by molar-refractivity contribution is 5.94. The Morgan fingerprint density at radius 2 is 0.850 bits per heavy atom. The number of anilines is 3. The van der Waals surface area contributed by atoms with Crippen molar-refractivity contribution in [3.8, 4) is 33.4 Å². The van der Waals surface area contributed by atoms with Crippen LogP contribution < -0.4 is 11.1 Å². The zero-order valence-corrected chi connectivity index (χ0v) is 24.5. The van der Waals surface area contributed by atoms with Crippen molar-refractivity contribution in [2.75, 3.05) is 11.1 Å². The van der Waals surface area contributed by atoms with Gasteiger partial charge >= 0.3 is 0 Å². The molecule has 0 radical (unpaired) electrons. The minimum absolute atomic E-state index is 0.106. The lowest BCUT2D eigenvalue weighted by molar-refractivity contribution is 0.590. The zero-order valence-electron chi connectivity index (χ0n) is 24.5. The standard InChI is InChI=1S/C38H40N2/c1-37(2,3)30-22-18-27(19-23-30)26-14-16-28(17-15-26)32-10-9-11-33(29-20-24-31(25-21-29)38(4,5)6)36(32)40-35-13-8-7-12-34(35)39/h7-25,40H,39H2,1-6H3. The van der Waals surface area contributed by atoms with Crippen molar-refractivity contribution >= 4 is 17.1 Å². The number of hydrogen-bond acceptors (Lipinski definition) is 2. The number of nitrogens with two attached hydrogens (primary N) is 1. The van der Waals surface area contributed by atoms with Crippen LogP contribution in [0.4, 0.5) is 17.1 Å². The van der Waals surface area contributed by atoms with Gasteiger partial charge in [-0.15, -0.1) is 0 Å². The average Bonchev–Trinajstić information content (AvgIpc) is 2.94. The van der Waals surface area contributed by atoms with Crippen LogP contribution in [0.25, 0.3) is 33.4 Å². The number of nitrogens with one attached hydrogen (secondary N) is 1. The van der Waals surface area contributed by atoms with Crippen molar-refractivity contribution in [1.82, 2.24) is 0 Å². The fourth-order valence-electron chi connectivity index (χ4n) is 5.07. The van der Waals surface area contributed by atoms with Gasteiger partial charge in [0.2, 0.25) is 0 Å². The Morgan fingerprint density at radius 1 is 0.450 bits per heavy atom. The van der Waals surface area contributed by atoms with Crippen molar-refractivity contribution < 1.29 is 0 Å². The van der Waals surface area contributed by atoms with Gasteiger partial charge in [-0.2, -0.15) is 0 Å². The van der Waals surface area contributed by atoms with E-state index < -0.39 is 0 Å². The Morgan fingerprint density at radius 3 is 1.30 bits per heavy atom. The molecule has 0 saturated carbocycles. The summed E-state index contributed by atoms with van der Waals surface area (Å²) in [5, 5.41) is 3.69. The molecule has 2 nitrogen and oxygen atoms in total. The lowest BCUT2D eigenvalue weighted by atomic mass is 9.85. The largest absolute Gasteiger partial charge is 0.397 e. The summed E-state index contributed by atoms with van der Waals surface area (Å²) >= 11 is 0. The minimum atomic E-state index is 0.106. The van der Waals surface area contributed by atoms with E-state index in [1.807, 2.05) is 24.3 Å². The summed E-state index contributed by atoms with van der Waals surface area (Å²) in [7, 11) is 0. The zero-order chi connectivity index (χ0) is 28.5. The Balaban J connectivity index is 1.56. The minimum Gasteiger partial charge on any atom is -0.397 e. The summed E-state index contributed by atoms with van der Waals surface area (Å²) < 4.78 is 0. The van der Waals surface area contributed by atoms with Gasteiger partial charge in [0, 0.05) is 11.1 Å². The third kappa shape index (κ3) is 5.82. The van der Waals surface area contributed by atoms with Gasteiger partial charge in [0.05, 0.1) is 17.1 Å². The molecule has 0 heterocycles. The molecule has 2 heteroatoms. The second-order valence-corrected chi connectivity index (χ2v) is 12.7. The Bertz CT molecular complexity index is 1600. The lowest BCUT2D eigenvalue weighted by Gasteiger charge is -2.21. The van der Waals surface area contributed by atoms with Crippen molar-refractivity contribution in [3.05, 3.63) is 126 Å². The predicted octanol–water partition coefficient (Wildman–Crippen LogP) is 10.6. The molecule has 5 rings (SSSR count). The topological polar surface area (TPSA) is 38.0 Å². The van der Waals surface area contributed by atoms with Gasteiger partial charge in [-0.25, -0.2) is 0 Å². The smallest absolute Gasteiger partial charge is 0.0618 e. The first-order valence-electron chi connectivity index (χ1n) is 14.1. The van der Waals surface area contributed by atoms with Crippen LogP contribution in [-0.4, -0.2) is 0 Å². The van der Waals surface area contributed by atoms with E-state index in [0.717, 1.165) is 33.8 Å². The molecule has 0 unspecified atom stereocenters. The highest BCUT2D eigenvalue weighted by Crippen LogP contribution is 2.41. The van der Waals surface area contributed by atoms with E-state index in [1.165, 1.54) is 27.8 Å². The van der Waals surface area contributed by atoms with E-state index >= 15 is 0 Å². The Kier molecular flexibility index (Phi) is 7.29. The maximum atomic E-state index is 6.37. The van der Waals surface area contributed by atoms with Crippen molar-refractivity contribution in [2.45, 2.75) is 52.4 Å². The molecule has 0 aliphatic heterocycles. The normalized spacial score (nSPS) is 11.8. The SMILES string of the molecule is CC(C)(C)c1ccc(-c2ccc(-c3cccc(-c4ccc(C(C)(C)C)cc4)c3Nc3ccccc3N)cc2)cc1. The molecule has 5 aromatic carbocycles. The maximum absolute atomic E-state index is 6.37. The van der Waals surface area contributed by atoms with Crippen LogP contribution >= 0.6 is 0 Å². The highest BCUT2D eigenvalue weighted by atomic mass is 14.9. The van der Waals surface area contributed by atoms with Gasteiger partial charge in [0.1, 0.15) is 0 Å². The van der Waals surface area contributed by atoms with Gasteiger partial charge in [0.15, 0.2) is 0 Å². The van der Waals surface area contributed by atoms with E-state index in [9.17, 15) is 0 Å². The number of rotatable bonds is 5. The quantitative estimate of drug-likeness (QED) is 0.224. The van der Waals surface area contributed by atoms with E-state index in [1.54, 1.807) is 0 Å². The first kappa shape index (κ1) is 27.3. The van der Waals surface area contributed by atoms with Crippen molar-refractivity contribution in [2.24, 2.45) is 0 Å². The second kappa shape index (κ2) is 10.7. The molecule has 0 atom stereocenters. The fourth-order valence-corrected chi connectivity index (χ4v) is 5.07. The molecule has 0 aliphatic rings. The fraction of sp³-hybridized carbons (Fsp3) is 0.211. The Labute approximate surface area is 239 Å². The first-order valence-corrected chi connectivity index (χ1v) is 14.1. The van der Waals surface area contributed by atoms with Crippen LogP contribution in [-0.2, 0) is 10.8 Å². The monoisotopic (exact) mass is 524 g/mol. The molecule has 40 heavy (non-hydrogen) atoms. The summed E-state index contributed by atoms with van der Waals surface area (Å²) in [5.74, 6) is 0. The highest BCUT2D eigenvalue weighted by Gasteiger charge is 2.17. The van der Waals surface area contributed by atoms with Gasteiger partial charge in [-0.1, -0.05) is 145 Å². The lowest BCUT2D eigenvalue weighted by Crippen LogP contribution is -2.10. The third-order valence-corrected chi connectivity index (χ3v) is 7.63. The summed E-state index contributed by atoms with van der Waals surface area (Å²) in [5.41, 5.74) is 19.0. The van der Waals surface area contributed by atoms with Crippen LogP contribution in [0, 0.1) is 0 Å². The molecular weight excluding hydrogens is 484 g/mol. The summed E-state index contributed by atoms with van der Waals surface area (Å²) in [6.07, 6.45) is 0. The van der Waals surface area contributed by atoms with E-state index in [0.29, 0.717) is 0 Å². The number of nitrogen functional groups attached to an aromatic ring is 1. The number of benzene rings is 5. The van der Waals surface area contributed by atoms with E-state index in [4.69, 9.17) is 5.73 Å². The molecule has 0 spiro atoms. The molecule has 0 aromatic heterocycles. The third-order valence-electron chi connectivity index (χ3n) is 7.63. The van der Waals surface area contributed by atoms with Crippen LogP contribution in [0.1, 0.15) is 52.7 Å². The summed E-state index contributed by atoms with van der Waals surface area (Å²) in [6, 6.07) is 41.2. The number of hydrogen-bond donors (Lipinski definition) is 2. The summed E-state index contributed by atoms with van der Waals surface area (Å²) in [4.78, 5) is 0. The van der Waals surface area contributed by atoms with E-state index in [2.05, 4.69) is 138 Å². The second-order valence-electron chi connectivity index (χ2n) is 12.7. The van der Waals surface area contributed by atoms with Gasteiger partial charge < -0.3 is 11.1 Å². The van der Waals surface area contributed by atoms with Gasteiger partial charge in [-0.3, -0.25) is 0 Å². The van der Waals surface area contributed by atoms with Crippen molar-refractivity contribution in [1.29, 1.82) is 0 Å². The average molecular weight is 525 g/mol. The van der Waals surface area contributed by atoms with E-state index in [-0.39, 0.29) is 10.8 Å². The van der Waals surface area contributed by atoms with Crippen molar-refractivity contribution in [3.63, 3.8) is 0 Å². The van der Waals surface area contributed by atoms with Gasteiger partial charge in [-0.05, 0) is 56.3 Å². The maximum Gasteiger partial charge on any atom is 0.0618 e. The van der Waals surface area contributed by atoms with Crippen LogP contribution in [0.5, 0.6) is 0 Å². The Hall–Kier alpha value is -4.30. The van der Waals surface area contributed by atoms with Crippen LogP contribution in [0.15, 0.2) is 115 Å². The van der Waals surface area contributed by atoms with Crippen LogP contribution in [0.2, 0.25) is 0 Å². The molecule has 0 bridgehead atoms. The van der Waals surface area contributed by atoms with Gasteiger partial charge in [0.25, 0.3) is 0 Å². The molecular formula is C38H40N2. The molecule has 202 valence electrons. The molecule has 0 aliphatic carbocycles.